The molecule has 12 unspecified atom stereocenters. The molecule has 0 aliphatic carbocycles. The van der Waals surface area contributed by atoms with Gasteiger partial charge in [-0.3, -0.25) is 9.59 Å². The largest absolute Gasteiger partial charge is 0.481 e. The molecular formula is C67H147B2N20O10P5. The maximum absolute atomic E-state index is 10.9. The maximum Gasteiger partial charge on any atom is 0.334 e. The van der Waals surface area contributed by atoms with Gasteiger partial charge in [0.1, 0.15) is 19.0 Å². The summed E-state index contributed by atoms with van der Waals surface area (Å²) in [6.45, 7) is 30.1. The fraction of sp³-hybridized carbons (Fsp3) is 0.821. The Kier molecular flexibility index (Phi) is 75.6. The number of nitriles is 1. The first kappa shape index (κ1) is 113. The highest BCUT2D eigenvalue weighted by molar-refractivity contribution is 6.92. The zero-order chi connectivity index (χ0) is 72.5. The number of nitrogens with zero attached hydrogens (tertiary/aromatic N) is 15. The second-order valence-electron chi connectivity index (χ2n) is 25.6. The summed E-state index contributed by atoms with van der Waals surface area (Å²) < 4.78 is 15.3. The lowest BCUT2D eigenvalue weighted by atomic mass is 9.87. The number of likely N-dealkylation sites (N-methyl/N-ethyl adjacent to an activating group) is 1. The summed E-state index contributed by atoms with van der Waals surface area (Å²) >= 11 is 0. The van der Waals surface area contributed by atoms with Crippen molar-refractivity contribution in [2.24, 2.45) is 57.1 Å². The number of oxime groups is 2. The van der Waals surface area contributed by atoms with Crippen molar-refractivity contribution in [1.82, 2.24) is 65.0 Å². The Morgan fingerprint density at radius 1 is 0.558 bits per heavy atom. The Morgan fingerprint density at radius 2 is 0.923 bits per heavy atom. The topological polar surface area (TPSA) is 422 Å². The highest BCUT2D eigenvalue weighted by Crippen LogP contribution is 2.26. The van der Waals surface area contributed by atoms with Gasteiger partial charge in [0, 0.05) is 101 Å². The van der Waals surface area contributed by atoms with Crippen molar-refractivity contribution in [1.29, 1.82) is 5.26 Å². The molecule has 30 nitrogen and oxygen atoms in total. The maximum atomic E-state index is 10.9. The van der Waals surface area contributed by atoms with Crippen LogP contribution in [0, 0.1) is 35.0 Å². The van der Waals surface area contributed by atoms with Crippen LogP contribution in [-0.4, -0.2) is 246 Å². The number of amidine groups is 2. The van der Waals surface area contributed by atoms with Crippen molar-refractivity contribution in [2.75, 3.05) is 127 Å². The molecule has 0 spiro atoms. The number of aryl methyl sites for hydroxylation is 3. The number of likely N-dealkylation sites (tertiary alicyclic amines) is 5. The van der Waals surface area contributed by atoms with E-state index < -0.39 is 5.97 Å². The van der Waals surface area contributed by atoms with Crippen LogP contribution in [0.25, 0.3) is 0 Å². The molecule has 37 heteroatoms. The average molecular weight is 1570 g/mol. The molecule has 3 aromatic heterocycles. The second-order valence-corrected chi connectivity index (χ2v) is 25.6. The third kappa shape index (κ3) is 49.8. The lowest BCUT2D eigenvalue weighted by molar-refractivity contribution is -0.143. The standard InChI is InChI=1S/C10H17BN3O.C10H19N3O2.C10H17N3O.C9H15N3O.C7H15N3O.C7H14N2O.C7H12N2.C3H6O2.C2H6B.2CH4.H3NO.5H3P/c1-3-9-12-10(13-15-9)8-5-4-6-14(7-8)11-2;1-3-9(14)15-12-10(11)8-5-4-6-13(2)7-8;1-3-9-11-10(12-14-9)8-5-4-6-13(2)7-8;1-2-8-11-9(12-13-8)7-4-3-5-10-6-7;1-10-4-2-3-6(5-10)7(8)9-11;1-9-4-2-3-6(5-9)7(8)10;1-9-4-2-3-7(5-8)6-9;1-2-3(4)5;1-3-2;;;1-2;;;;;/h8H,3-7H2,1-2H3;8H,3-7H2,1-2H3,(H2,11,12);8H,3-7H2,1-2H3;7,10H,2-6H2,1H3;6,11H,2-5H2,1H3,(H2,8,9);6H,2-5H2,1H3,(H2,8,10);7H,2-4,6H2,1H3;2H2,1H3,(H,4,5);1-2H3;2*1H4;2H,1H2;5*1H3. The first-order chi connectivity index (χ1) is 46.6. The quantitative estimate of drug-likeness (QED) is 0.0156. The van der Waals surface area contributed by atoms with Gasteiger partial charge in [-0.25, -0.2) is 10.7 Å². The molecular weight excluding hydrogens is 1420 g/mol. The number of aromatic nitrogens is 6. The van der Waals surface area contributed by atoms with E-state index in [-0.39, 0.29) is 100 Å². The molecule has 104 heavy (non-hydrogen) atoms. The molecule has 0 bridgehead atoms. The van der Waals surface area contributed by atoms with Crippen molar-refractivity contribution in [3.05, 3.63) is 35.1 Å². The molecule has 0 saturated carbocycles. The third-order valence-corrected chi connectivity index (χ3v) is 17.1. The number of amides is 1. The monoisotopic (exact) mass is 1570 g/mol. The van der Waals surface area contributed by atoms with Gasteiger partial charge in [-0.05, 0) is 177 Å². The van der Waals surface area contributed by atoms with Gasteiger partial charge in [-0.1, -0.05) is 95.7 Å². The molecule has 7 aliphatic rings. The van der Waals surface area contributed by atoms with Gasteiger partial charge in [0.2, 0.25) is 31.0 Å². The molecule has 7 fully saturated rings. The molecule has 0 aromatic carbocycles. The number of rotatable bonds is 13. The van der Waals surface area contributed by atoms with Gasteiger partial charge in [0.25, 0.3) is 0 Å². The minimum Gasteiger partial charge on any atom is -0.481 e. The molecule has 10 heterocycles. The molecule has 3 aromatic rings. The summed E-state index contributed by atoms with van der Waals surface area (Å²) in [7, 11) is 14.5. The number of carbonyl (C=O) groups is 3. The molecule has 12 N–H and O–H groups in total. The van der Waals surface area contributed by atoms with E-state index >= 15 is 0 Å². The number of primary amides is 1. The predicted molar refractivity (Wildman–Crippen MR) is 448 cm³/mol. The van der Waals surface area contributed by atoms with Crippen molar-refractivity contribution >= 4 is 93.7 Å². The van der Waals surface area contributed by atoms with Crippen LogP contribution >= 0.6 is 49.5 Å². The van der Waals surface area contributed by atoms with Gasteiger partial charge >= 0.3 is 11.9 Å². The smallest absolute Gasteiger partial charge is 0.334 e. The summed E-state index contributed by atoms with van der Waals surface area (Å²) in [6, 6.07) is 2.29. The summed E-state index contributed by atoms with van der Waals surface area (Å²) in [5.41, 5.74) is 16.4. The SMILES string of the molecule is C.C.CCC(=O)O.CCC(=O)O/N=C(/N)C1CCCN(C)C1.CCc1nc(C2CCCN(C)C2)no1.CCc1nc(C2CCCNC2)no1.CN1CCCC(/C(N)=N/O)C1.CN1CCCC(C#N)C1.CN1CCCC(C(N)=O)C1.C[B]C.C[B]N1CCCC(c2noc(CC)n2)C1.NO.P.P.P.P.P. The van der Waals surface area contributed by atoms with E-state index in [1.165, 1.54) is 51.5 Å². The minimum absolute atomic E-state index is 0. The van der Waals surface area contributed by atoms with E-state index in [0.29, 0.717) is 41.8 Å². The Labute approximate surface area is 644 Å². The van der Waals surface area contributed by atoms with Gasteiger partial charge in [-0.15, -0.1) is 0 Å². The molecule has 10 rings (SSSR count). The van der Waals surface area contributed by atoms with E-state index in [1.807, 2.05) is 48.7 Å². The molecule has 12 atom stereocenters. The Bertz CT molecular complexity index is 2650. The average Bonchev–Trinajstić information content (AvgIpc) is 1.71. The fourth-order valence-corrected chi connectivity index (χ4v) is 11.4. The number of hydrogen-bond acceptors (Lipinski definition) is 26. The normalized spacial score (nSPS) is 21.8. The second kappa shape index (κ2) is 69.4. The van der Waals surface area contributed by atoms with Gasteiger partial charge in [-0.2, -0.15) is 69.7 Å². The number of nitrogens with one attached hydrogen (secondary N) is 1. The lowest BCUT2D eigenvalue weighted by Crippen LogP contribution is -2.39. The van der Waals surface area contributed by atoms with Crippen LogP contribution < -0.4 is 28.4 Å². The summed E-state index contributed by atoms with van der Waals surface area (Å²) in [5, 5.41) is 53.3. The van der Waals surface area contributed by atoms with Gasteiger partial charge in [0.05, 0.1) is 17.9 Å². The highest BCUT2D eigenvalue weighted by Gasteiger charge is 2.27. The van der Waals surface area contributed by atoms with Gasteiger partial charge in [0.15, 0.2) is 17.5 Å². The van der Waals surface area contributed by atoms with Crippen LogP contribution in [-0.2, 0) is 38.5 Å². The first-order valence-electron chi connectivity index (χ1n) is 35.2. The number of nitrogens with two attached hydrogens (primary N) is 4. The fourth-order valence-electron chi connectivity index (χ4n) is 11.4. The van der Waals surface area contributed by atoms with Crippen molar-refractivity contribution in [3.63, 3.8) is 0 Å². The number of aliphatic carboxylic acids is 1. The van der Waals surface area contributed by atoms with E-state index in [9.17, 15) is 14.4 Å². The lowest BCUT2D eigenvalue weighted by Gasteiger charge is -2.29. The Morgan fingerprint density at radius 3 is 1.25 bits per heavy atom. The Balaban J connectivity index is -0.000000205. The highest BCUT2D eigenvalue weighted by atomic mass is 31.0. The van der Waals surface area contributed by atoms with Crippen LogP contribution in [0.2, 0.25) is 20.5 Å². The number of hydrogen-bond donors (Lipinski definition) is 8. The van der Waals surface area contributed by atoms with Crippen molar-refractivity contribution in [3.8, 4) is 6.07 Å². The molecule has 2 radical (unpaired) electrons. The van der Waals surface area contributed by atoms with Crippen LogP contribution in [0.3, 0.4) is 0 Å². The van der Waals surface area contributed by atoms with E-state index in [0.717, 1.165) is 184 Å². The van der Waals surface area contributed by atoms with E-state index in [1.54, 1.807) is 13.8 Å². The molecule has 7 aliphatic heterocycles. The number of carboxylic acid groups (broad SMARTS) is 1. The zero-order valence-electron chi connectivity index (χ0n) is 64.8. The van der Waals surface area contributed by atoms with Crippen molar-refractivity contribution < 1.29 is 48.3 Å². The number of carbonyl (C=O) groups excluding carboxylic acids is 2. The third-order valence-electron chi connectivity index (χ3n) is 17.1. The van der Waals surface area contributed by atoms with Crippen LogP contribution in [0.15, 0.2) is 23.9 Å². The summed E-state index contributed by atoms with van der Waals surface area (Å²) in [6.07, 6.45) is 18.9. The van der Waals surface area contributed by atoms with E-state index in [4.69, 9.17) is 51.6 Å². The number of carboxylic acids is 1. The minimum atomic E-state index is -0.745. The van der Waals surface area contributed by atoms with E-state index in [2.05, 4.69) is 135 Å². The Hall–Kier alpha value is -4.02. The predicted octanol–water partition coefficient (Wildman–Crippen LogP) is 7.48. The van der Waals surface area contributed by atoms with Gasteiger partial charge < -0.3 is 85.8 Å². The zero-order valence-corrected chi connectivity index (χ0v) is 71.9. The summed E-state index contributed by atoms with van der Waals surface area (Å²) in [4.78, 5) is 62.1. The first-order valence-corrected chi connectivity index (χ1v) is 35.2. The number of piperidine rings is 7. The summed E-state index contributed by atoms with van der Waals surface area (Å²) in [5.74, 6) is 10.2. The van der Waals surface area contributed by atoms with Crippen molar-refractivity contribution in [2.45, 2.75) is 210 Å². The molecule has 606 valence electrons. The van der Waals surface area contributed by atoms with Crippen LogP contribution in [0.1, 0.15) is 205 Å². The van der Waals surface area contributed by atoms with Crippen LogP contribution in [0.4, 0.5) is 0 Å². The molecule has 1 amide bonds. The molecule has 7 saturated heterocycles. The van der Waals surface area contributed by atoms with Crippen LogP contribution in [0.5, 0.6) is 0 Å².